The second kappa shape index (κ2) is 9.47. The zero-order chi connectivity index (χ0) is 10.2. The number of halogens is 1. The Balaban J connectivity index is 0.00000196. The van der Waals surface area contributed by atoms with Crippen molar-refractivity contribution >= 4 is 0 Å². The maximum atomic E-state index is 2.31. The molecule has 0 aromatic rings. The van der Waals surface area contributed by atoms with E-state index in [0.717, 1.165) is 6.04 Å². The highest BCUT2D eigenvalue weighted by atomic mass is 35.5. The Morgan fingerprint density at radius 1 is 1.07 bits per heavy atom. The zero-order valence-electron chi connectivity index (χ0n) is 10.5. The summed E-state index contributed by atoms with van der Waals surface area (Å²) in [4.78, 5) is 1.92. The molecule has 0 aromatic heterocycles. The second-order valence-corrected chi connectivity index (χ2v) is 4.85. The summed E-state index contributed by atoms with van der Waals surface area (Å²) in [5, 5.41) is 0. The molecule has 0 aromatic carbocycles. The topological polar surface area (TPSA) is 4.44 Å². The Morgan fingerprint density at radius 3 is 2.47 bits per heavy atom. The van der Waals surface area contributed by atoms with Crippen LogP contribution >= 0.6 is 0 Å². The monoisotopic (exact) mass is 233 g/mol. The van der Waals surface area contributed by atoms with Crippen LogP contribution in [0.15, 0.2) is 0 Å². The van der Waals surface area contributed by atoms with Crippen molar-refractivity contribution in [2.24, 2.45) is 0 Å². The largest absolute Gasteiger partial charge is 1.00 e. The van der Waals surface area contributed by atoms with Gasteiger partial charge in [0.1, 0.15) is 0 Å². The molecule has 2 heteroatoms. The van der Waals surface area contributed by atoms with E-state index < -0.39 is 0 Å². The summed E-state index contributed by atoms with van der Waals surface area (Å²) < 4.78 is 0. The number of likely N-dealkylation sites (tertiary alicyclic amines) is 1. The van der Waals surface area contributed by atoms with E-state index in [2.05, 4.69) is 13.8 Å². The van der Waals surface area contributed by atoms with E-state index in [-0.39, 0.29) is 12.4 Å². The van der Waals surface area contributed by atoms with Crippen molar-refractivity contribution in [2.75, 3.05) is 13.1 Å². The molecule has 0 spiro atoms. The molecule has 0 radical (unpaired) electrons. The first-order valence-electron chi connectivity index (χ1n) is 6.73. The van der Waals surface area contributed by atoms with Crippen LogP contribution in [0.25, 0.3) is 0 Å². The fourth-order valence-electron chi connectivity index (χ4n) is 2.71. The van der Waals surface area contributed by atoms with Gasteiger partial charge in [-0.25, -0.2) is 0 Å². The van der Waals surface area contributed by atoms with Gasteiger partial charge in [0.15, 0.2) is 0 Å². The predicted molar refractivity (Wildman–Crippen MR) is 62.8 cm³/mol. The molecule has 1 rings (SSSR count). The number of quaternary nitrogens is 1. The van der Waals surface area contributed by atoms with E-state index in [9.17, 15) is 0 Å². The number of unbranched alkanes of at least 4 members (excludes halogenated alkanes) is 3. The lowest BCUT2D eigenvalue weighted by molar-refractivity contribution is -0.912. The van der Waals surface area contributed by atoms with Gasteiger partial charge in [0, 0.05) is 12.8 Å². The van der Waals surface area contributed by atoms with Gasteiger partial charge in [-0.05, 0) is 25.7 Å². The lowest BCUT2D eigenvalue weighted by atomic mass is 10.1. The number of hydrogen-bond donors (Lipinski definition) is 1. The van der Waals surface area contributed by atoms with E-state index in [1.165, 1.54) is 64.5 Å². The van der Waals surface area contributed by atoms with Crippen LogP contribution in [0.4, 0.5) is 0 Å². The van der Waals surface area contributed by atoms with Crippen LogP contribution in [-0.4, -0.2) is 19.1 Å². The summed E-state index contributed by atoms with van der Waals surface area (Å²) in [6, 6.07) is 1.02. The van der Waals surface area contributed by atoms with Gasteiger partial charge in [-0.3, -0.25) is 0 Å². The fourth-order valence-corrected chi connectivity index (χ4v) is 2.71. The molecule has 1 nitrogen and oxygen atoms in total. The third kappa shape index (κ3) is 5.77. The van der Waals surface area contributed by atoms with Crippen LogP contribution in [0.3, 0.4) is 0 Å². The average Bonchev–Trinajstić information content (AvgIpc) is 2.63. The molecular formula is C13H28ClN. The van der Waals surface area contributed by atoms with E-state index in [4.69, 9.17) is 0 Å². The van der Waals surface area contributed by atoms with Gasteiger partial charge >= 0.3 is 0 Å². The van der Waals surface area contributed by atoms with Gasteiger partial charge in [-0.1, -0.05) is 26.7 Å². The maximum absolute atomic E-state index is 2.31. The SMILES string of the molecule is CCCCC[NH+]1CCCC1CCCC.[Cl-]. The minimum Gasteiger partial charge on any atom is -1.00 e. The summed E-state index contributed by atoms with van der Waals surface area (Å²) in [6.45, 7) is 7.51. The molecule has 0 amide bonds. The van der Waals surface area contributed by atoms with Crippen molar-refractivity contribution in [3.05, 3.63) is 0 Å². The van der Waals surface area contributed by atoms with Crippen LogP contribution < -0.4 is 17.3 Å². The molecule has 1 saturated heterocycles. The highest BCUT2D eigenvalue weighted by molar-refractivity contribution is 4.62. The lowest BCUT2D eigenvalue weighted by Crippen LogP contribution is -3.13. The molecule has 1 N–H and O–H groups in total. The van der Waals surface area contributed by atoms with Crippen molar-refractivity contribution < 1.29 is 17.3 Å². The molecule has 1 aliphatic heterocycles. The third-order valence-corrected chi connectivity index (χ3v) is 3.64. The Hall–Kier alpha value is 0.250. The van der Waals surface area contributed by atoms with E-state index >= 15 is 0 Å². The van der Waals surface area contributed by atoms with Crippen LogP contribution in [0.1, 0.15) is 65.2 Å². The number of nitrogens with one attached hydrogen (secondary N) is 1. The lowest BCUT2D eigenvalue weighted by Gasteiger charge is -2.21. The van der Waals surface area contributed by atoms with Gasteiger partial charge in [0.25, 0.3) is 0 Å². The van der Waals surface area contributed by atoms with Crippen LogP contribution in [0.2, 0.25) is 0 Å². The highest BCUT2D eigenvalue weighted by Crippen LogP contribution is 2.08. The summed E-state index contributed by atoms with van der Waals surface area (Å²) in [6.07, 6.45) is 11.5. The third-order valence-electron chi connectivity index (χ3n) is 3.64. The molecule has 1 aliphatic rings. The molecular weight excluding hydrogens is 206 g/mol. The van der Waals surface area contributed by atoms with Gasteiger partial charge < -0.3 is 17.3 Å². The predicted octanol–water partition coefficient (Wildman–Crippen LogP) is -0.582. The minimum absolute atomic E-state index is 0. The van der Waals surface area contributed by atoms with Crippen LogP contribution in [0.5, 0.6) is 0 Å². The first-order chi connectivity index (χ1) is 6.88. The molecule has 2 unspecified atom stereocenters. The second-order valence-electron chi connectivity index (χ2n) is 4.85. The molecule has 0 aliphatic carbocycles. The Bertz CT molecular complexity index is 138. The minimum atomic E-state index is 0. The normalized spacial score (nSPS) is 25.2. The van der Waals surface area contributed by atoms with Crippen LogP contribution in [0, 0.1) is 0 Å². The summed E-state index contributed by atoms with van der Waals surface area (Å²) in [5.74, 6) is 0. The Labute approximate surface area is 102 Å². The number of rotatable bonds is 7. The van der Waals surface area contributed by atoms with Crippen molar-refractivity contribution in [1.29, 1.82) is 0 Å². The first kappa shape index (κ1) is 15.2. The molecule has 92 valence electrons. The Morgan fingerprint density at radius 2 is 1.80 bits per heavy atom. The van der Waals surface area contributed by atoms with Crippen molar-refractivity contribution in [1.82, 2.24) is 0 Å². The van der Waals surface area contributed by atoms with Gasteiger partial charge in [0.05, 0.1) is 19.1 Å². The summed E-state index contributed by atoms with van der Waals surface area (Å²) in [5.41, 5.74) is 0. The zero-order valence-corrected chi connectivity index (χ0v) is 11.3. The fraction of sp³-hybridized carbons (Fsp3) is 1.00. The van der Waals surface area contributed by atoms with Gasteiger partial charge in [0.2, 0.25) is 0 Å². The highest BCUT2D eigenvalue weighted by Gasteiger charge is 2.26. The van der Waals surface area contributed by atoms with E-state index in [1.807, 2.05) is 4.90 Å². The molecule has 1 heterocycles. The number of hydrogen-bond acceptors (Lipinski definition) is 0. The molecule has 0 bridgehead atoms. The van der Waals surface area contributed by atoms with Gasteiger partial charge in [-0.15, -0.1) is 0 Å². The summed E-state index contributed by atoms with van der Waals surface area (Å²) >= 11 is 0. The van der Waals surface area contributed by atoms with E-state index in [0.29, 0.717) is 0 Å². The smallest absolute Gasteiger partial charge is 0.0876 e. The van der Waals surface area contributed by atoms with E-state index in [1.54, 1.807) is 0 Å². The average molecular weight is 234 g/mol. The standard InChI is InChI=1S/C13H27N.ClH/c1-3-5-7-11-14-12-8-10-13(14)9-6-4-2;/h13H,3-12H2,1-2H3;1H. The quantitative estimate of drug-likeness (QED) is 0.562. The molecule has 1 fully saturated rings. The Kier molecular flexibility index (Phi) is 9.63. The van der Waals surface area contributed by atoms with Crippen molar-refractivity contribution in [3.63, 3.8) is 0 Å². The molecule has 0 saturated carbocycles. The summed E-state index contributed by atoms with van der Waals surface area (Å²) in [7, 11) is 0. The van der Waals surface area contributed by atoms with Gasteiger partial charge in [-0.2, -0.15) is 0 Å². The van der Waals surface area contributed by atoms with Crippen LogP contribution in [-0.2, 0) is 0 Å². The van der Waals surface area contributed by atoms with Crippen molar-refractivity contribution in [3.8, 4) is 0 Å². The van der Waals surface area contributed by atoms with Crippen molar-refractivity contribution in [2.45, 2.75) is 71.3 Å². The first-order valence-corrected chi connectivity index (χ1v) is 6.73. The molecule has 2 atom stereocenters. The maximum Gasteiger partial charge on any atom is 0.0876 e. The molecule has 15 heavy (non-hydrogen) atoms.